The predicted octanol–water partition coefficient (Wildman–Crippen LogP) is 1.94. The maximum absolute atomic E-state index is 12.0. The summed E-state index contributed by atoms with van der Waals surface area (Å²) in [7, 11) is 0. The van der Waals surface area contributed by atoms with E-state index >= 15 is 0 Å². The van der Waals surface area contributed by atoms with Gasteiger partial charge in [0.1, 0.15) is 0 Å². The van der Waals surface area contributed by atoms with Crippen molar-refractivity contribution in [2.45, 2.75) is 33.3 Å². The van der Waals surface area contributed by atoms with Gasteiger partial charge in [-0.3, -0.25) is 4.79 Å². The number of esters is 2. The molecular weight excluding hydrogens is 246 g/mol. The zero-order valence-corrected chi connectivity index (χ0v) is 11.4. The summed E-state index contributed by atoms with van der Waals surface area (Å²) in [6.07, 6.45) is -0.246. The van der Waals surface area contributed by atoms with Crippen molar-refractivity contribution in [3.8, 4) is 0 Å². The Morgan fingerprint density at radius 2 is 2.00 bits per heavy atom. The van der Waals surface area contributed by atoms with E-state index in [1.165, 1.54) is 0 Å². The summed E-state index contributed by atoms with van der Waals surface area (Å²) in [6.45, 7) is 5.53. The smallest absolute Gasteiger partial charge is 0.340 e. The van der Waals surface area contributed by atoms with Gasteiger partial charge in [0.25, 0.3) is 0 Å². The molecule has 0 amide bonds. The van der Waals surface area contributed by atoms with Gasteiger partial charge in [0.05, 0.1) is 24.7 Å². The number of hydrogen-bond acceptors (Lipinski definition) is 5. The minimum atomic E-state index is -0.521. The van der Waals surface area contributed by atoms with Crippen LogP contribution in [0.25, 0.3) is 0 Å². The third-order valence-corrected chi connectivity index (χ3v) is 2.37. The zero-order chi connectivity index (χ0) is 14.4. The lowest BCUT2D eigenvalue weighted by atomic mass is 10.0. The Hall–Kier alpha value is -2.04. The quantitative estimate of drug-likeness (QED) is 0.650. The maximum atomic E-state index is 12.0. The molecule has 2 N–H and O–H groups in total. The Balaban J connectivity index is 3.01. The van der Waals surface area contributed by atoms with Crippen molar-refractivity contribution in [2.24, 2.45) is 0 Å². The van der Waals surface area contributed by atoms with E-state index < -0.39 is 11.9 Å². The molecule has 104 valence electrons. The minimum absolute atomic E-state index is 0.00140. The number of benzene rings is 1. The third-order valence-electron chi connectivity index (χ3n) is 2.37. The molecular formula is C14H19NO4. The average molecular weight is 265 g/mol. The number of nitrogens with two attached hydrogens (primary N) is 1. The number of nitrogen functional groups attached to an aromatic ring is 1. The van der Waals surface area contributed by atoms with Gasteiger partial charge < -0.3 is 15.2 Å². The van der Waals surface area contributed by atoms with Gasteiger partial charge in [-0.25, -0.2) is 4.79 Å². The first-order valence-corrected chi connectivity index (χ1v) is 6.19. The van der Waals surface area contributed by atoms with Crippen molar-refractivity contribution >= 4 is 17.6 Å². The van der Waals surface area contributed by atoms with Crippen molar-refractivity contribution in [1.29, 1.82) is 0 Å². The Morgan fingerprint density at radius 1 is 1.32 bits per heavy atom. The lowest BCUT2D eigenvalue weighted by Gasteiger charge is -2.13. The van der Waals surface area contributed by atoms with E-state index in [9.17, 15) is 9.59 Å². The monoisotopic (exact) mass is 265 g/mol. The van der Waals surface area contributed by atoms with E-state index in [1.54, 1.807) is 39.0 Å². The van der Waals surface area contributed by atoms with Gasteiger partial charge >= 0.3 is 11.9 Å². The average Bonchev–Trinajstić information content (AvgIpc) is 2.27. The van der Waals surface area contributed by atoms with Crippen LogP contribution in [0.4, 0.5) is 5.69 Å². The Morgan fingerprint density at radius 3 is 2.58 bits per heavy atom. The molecule has 0 radical (unpaired) electrons. The highest BCUT2D eigenvalue weighted by Gasteiger charge is 2.19. The van der Waals surface area contributed by atoms with Gasteiger partial charge in [0, 0.05) is 5.69 Å². The van der Waals surface area contributed by atoms with Crippen molar-refractivity contribution in [3.05, 3.63) is 29.3 Å². The number of hydrogen-bond donors (Lipinski definition) is 1. The summed E-state index contributed by atoms with van der Waals surface area (Å²) in [5.74, 6) is -0.918. The van der Waals surface area contributed by atoms with Crippen molar-refractivity contribution in [2.75, 3.05) is 12.3 Å². The van der Waals surface area contributed by atoms with Gasteiger partial charge in [-0.05, 0) is 32.4 Å². The number of rotatable bonds is 5. The molecule has 0 fully saturated rings. The van der Waals surface area contributed by atoms with Gasteiger partial charge in [-0.1, -0.05) is 12.1 Å². The van der Waals surface area contributed by atoms with E-state index in [2.05, 4.69) is 0 Å². The summed E-state index contributed by atoms with van der Waals surface area (Å²) >= 11 is 0. The summed E-state index contributed by atoms with van der Waals surface area (Å²) < 4.78 is 10.00. The molecule has 0 aliphatic rings. The van der Waals surface area contributed by atoms with Crippen LogP contribution in [0.2, 0.25) is 0 Å². The van der Waals surface area contributed by atoms with E-state index in [0.717, 1.165) is 0 Å². The first-order valence-electron chi connectivity index (χ1n) is 6.19. The van der Waals surface area contributed by atoms with Crippen LogP contribution in [0.1, 0.15) is 36.7 Å². The molecule has 5 nitrogen and oxygen atoms in total. The normalized spacial score (nSPS) is 10.3. The molecule has 1 aromatic carbocycles. The zero-order valence-electron chi connectivity index (χ0n) is 11.4. The molecule has 0 aliphatic heterocycles. The number of carbonyl (C=O) groups excluding carboxylic acids is 2. The summed E-state index contributed by atoms with van der Waals surface area (Å²) in [5, 5.41) is 0. The molecule has 0 aliphatic carbocycles. The minimum Gasteiger partial charge on any atom is -0.466 e. The first kappa shape index (κ1) is 15.0. The second kappa shape index (κ2) is 6.78. The lowest BCUT2D eigenvalue weighted by Crippen LogP contribution is -2.17. The van der Waals surface area contributed by atoms with Crippen LogP contribution in [0.15, 0.2) is 18.2 Å². The SMILES string of the molecule is CCOC(=O)Cc1cccc(N)c1C(=O)OC(C)C. The topological polar surface area (TPSA) is 78.6 Å². The van der Waals surface area contributed by atoms with E-state index in [0.29, 0.717) is 17.9 Å². The van der Waals surface area contributed by atoms with Crippen LogP contribution in [0, 0.1) is 0 Å². The fourth-order valence-electron chi connectivity index (χ4n) is 1.66. The highest BCUT2D eigenvalue weighted by Crippen LogP contribution is 2.20. The number of anilines is 1. The van der Waals surface area contributed by atoms with Gasteiger partial charge in [-0.15, -0.1) is 0 Å². The van der Waals surface area contributed by atoms with Crippen LogP contribution in [-0.2, 0) is 20.7 Å². The van der Waals surface area contributed by atoms with Gasteiger partial charge in [0.15, 0.2) is 0 Å². The maximum Gasteiger partial charge on any atom is 0.340 e. The van der Waals surface area contributed by atoms with Crippen molar-refractivity contribution < 1.29 is 19.1 Å². The molecule has 0 spiro atoms. The van der Waals surface area contributed by atoms with Crippen molar-refractivity contribution in [1.82, 2.24) is 0 Å². The summed E-state index contributed by atoms with van der Waals surface area (Å²) in [4.78, 5) is 23.5. The van der Waals surface area contributed by atoms with Crippen LogP contribution in [0.3, 0.4) is 0 Å². The van der Waals surface area contributed by atoms with Crippen LogP contribution in [-0.4, -0.2) is 24.6 Å². The Bertz CT molecular complexity index is 469. The van der Waals surface area contributed by atoms with Crippen LogP contribution in [0.5, 0.6) is 0 Å². The van der Waals surface area contributed by atoms with Crippen molar-refractivity contribution in [3.63, 3.8) is 0 Å². The molecule has 0 unspecified atom stereocenters. The molecule has 1 rings (SSSR count). The second-order valence-electron chi connectivity index (χ2n) is 4.32. The fourth-order valence-corrected chi connectivity index (χ4v) is 1.66. The lowest BCUT2D eigenvalue weighted by molar-refractivity contribution is -0.142. The van der Waals surface area contributed by atoms with E-state index in [-0.39, 0.29) is 18.1 Å². The number of ether oxygens (including phenoxy) is 2. The molecule has 19 heavy (non-hydrogen) atoms. The largest absolute Gasteiger partial charge is 0.466 e. The molecule has 0 atom stereocenters. The van der Waals surface area contributed by atoms with E-state index in [4.69, 9.17) is 15.2 Å². The molecule has 0 saturated carbocycles. The first-order chi connectivity index (χ1) is 8.95. The fraction of sp³-hybridized carbons (Fsp3) is 0.429. The molecule has 0 heterocycles. The predicted molar refractivity (Wildman–Crippen MR) is 71.7 cm³/mol. The molecule has 0 saturated heterocycles. The Kier molecular flexibility index (Phi) is 5.36. The van der Waals surface area contributed by atoms with E-state index in [1.807, 2.05) is 0 Å². The third kappa shape index (κ3) is 4.28. The molecule has 0 bridgehead atoms. The molecule has 5 heteroatoms. The molecule has 0 aromatic heterocycles. The summed E-state index contributed by atoms with van der Waals surface area (Å²) in [6, 6.07) is 4.96. The van der Waals surface area contributed by atoms with Gasteiger partial charge in [0.2, 0.25) is 0 Å². The molecule has 1 aromatic rings. The van der Waals surface area contributed by atoms with Crippen LogP contribution >= 0.6 is 0 Å². The van der Waals surface area contributed by atoms with Gasteiger partial charge in [-0.2, -0.15) is 0 Å². The number of carbonyl (C=O) groups is 2. The standard InChI is InChI=1S/C14H19NO4/c1-4-18-12(16)8-10-6-5-7-11(15)13(10)14(17)19-9(2)3/h5-7,9H,4,8,15H2,1-3H3. The highest BCUT2D eigenvalue weighted by molar-refractivity contribution is 5.98. The summed E-state index contributed by atoms with van der Waals surface area (Å²) in [5.41, 5.74) is 6.85. The second-order valence-corrected chi connectivity index (χ2v) is 4.32. The highest BCUT2D eigenvalue weighted by atomic mass is 16.5. The van der Waals surface area contributed by atoms with Crippen LogP contribution < -0.4 is 5.73 Å². The Labute approximate surface area is 112 Å².